The summed E-state index contributed by atoms with van der Waals surface area (Å²) in [4.78, 5) is 30.7. The van der Waals surface area contributed by atoms with Crippen molar-refractivity contribution in [3.05, 3.63) is 56.9 Å². The Bertz CT molecular complexity index is 1030. The molecule has 0 amide bonds. The number of thiophene rings is 1. The van der Waals surface area contributed by atoms with E-state index in [2.05, 4.69) is 11.9 Å². The molecule has 27 heavy (non-hydrogen) atoms. The van der Waals surface area contributed by atoms with Crippen LogP contribution in [0.4, 0.5) is 0 Å². The van der Waals surface area contributed by atoms with Gasteiger partial charge in [-0.05, 0) is 56.7 Å². The van der Waals surface area contributed by atoms with E-state index in [0.29, 0.717) is 16.4 Å². The number of para-hydroxylation sites is 1. The molecule has 1 aromatic carbocycles. The van der Waals surface area contributed by atoms with Gasteiger partial charge in [-0.3, -0.25) is 4.79 Å². The van der Waals surface area contributed by atoms with Gasteiger partial charge in [-0.25, -0.2) is 4.79 Å². The van der Waals surface area contributed by atoms with E-state index in [0.717, 1.165) is 35.9 Å². The first-order valence-corrected chi connectivity index (χ1v) is 10.2. The Morgan fingerprint density at radius 2 is 2.07 bits per heavy atom. The van der Waals surface area contributed by atoms with Crippen molar-refractivity contribution in [3.8, 4) is 0 Å². The summed E-state index contributed by atoms with van der Waals surface area (Å²) in [5.41, 5.74) is 3.57. The van der Waals surface area contributed by atoms with Crippen LogP contribution in [-0.4, -0.2) is 22.8 Å². The van der Waals surface area contributed by atoms with Gasteiger partial charge in [0.15, 0.2) is 6.10 Å². The number of Topliss-reactive ketones (excluding diaryl/α,β-unsaturated/α-hetero) is 1. The van der Waals surface area contributed by atoms with Gasteiger partial charge in [-0.15, -0.1) is 11.3 Å². The van der Waals surface area contributed by atoms with Crippen molar-refractivity contribution < 1.29 is 14.3 Å². The highest BCUT2D eigenvalue weighted by Gasteiger charge is 2.27. The molecule has 0 spiro atoms. The Labute approximate surface area is 162 Å². The van der Waals surface area contributed by atoms with Crippen LogP contribution in [0.25, 0.3) is 10.9 Å². The van der Waals surface area contributed by atoms with Gasteiger partial charge >= 0.3 is 5.97 Å². The summed E-state index contributed by atoms with van der Waals surface area (Å²) >= 11 is 1.51. The van der Waals surface area contributed by atoms with E-state index in [1.807, 2.05) is 37.3 Å². The number of carbonyl (C=O) groups excluding carboxylic acids is 2. The predicted octanol–water partition coefficient (Wildman–Crippen LogP) is 5.09. The number of benzene rings is 1. The van der Waals surface area contributed by atoms with E-state index in [9.17, 15) is 9.59 Å². The number of rotatable bonds is 4. The summed E-state index contributed by atoms with van der Waals surface area (Å²) in [6, 6.07) is 9.63. The SMILES string of the molecule is Cc1[nH]c2ccccc2c1C(=O)[C@@H](C)OC(=O)c1cc2c(s1)CC[C@H](C)C2. The summed E-state index contributed by atoms with van der Waals surface area (Å²) in [5.74, 6) is 0.0787. The van der Waals surface area contributed by atoms with E-state index in [4.69, 9.17) is 4.74 Å². The topological polar surface area (TPSA) is 59.2 Å². The van der Waals surface area contributed by atoms with Crippen molar-refractivity contribution >= 4 is 34.0 Å². The van der Waals surface area contributed by atoms with Crippen LogP contribution in [0.5, 0.6) is 0 Å². The lowest BCUT2D eigenvalue weighted by atomic mass is 9.90. The molecule has 2 atom stereocenters. The third kappa shape index (κ3) is 3.32. The molecule has 1 N–H and O–H groups in total. The first kappa shape index (κ1) is 18.0. The third-order valence-corrected chi connectivity index (χ3v) is 6.54. The summed E-state index contributed by atoms with van der Waals surface area (Å²) in [6.45, 7) is 5.76. The molecule has 0 aliphatic heterocycles. The number of carbonyl (C=O) groups is 2. The monoisotopic (exact) mass is 381 g/mol. The average molecular weight is 381 g/mol. The Morgan fingerprint density at radius 3 is 2.89 bits per heavy atom. The first-order chi connectivity index (χ1) is 12.9. The largest absolute Gasteiger partial charge is 0.450 e. The molecule has 0 radical (unpaired) electrons. The number of hydrogen-bond acceptors (Lipinski definition) is 4. The second kappa shape index (κ2) is 6.97. The quantitative estimate of drug-likeness (QED) is 0.506. The van der Waals surface area contributed by atoms with Gasteiger partial charge in [-0.2, -0.15) is 0 Å². The predicted molar refractivity (Wildman–Crippen MR) is 108 cm³/mol. The van der Waals surface area contributed by atoms with Crippen molar-refractivity contribution in [2.24, 2.45) is 5.92 Å². The Morgan fingerprint density at radius 1 is 1.30 bits per heavy atom. The molecule has 0 saturated heterocycles. The van der Waals surface area contributed by atoms with E-state index >= 15 is 0 Å². The van der Waals surface area contributed by atoms with Crippen LogP contribution in [0.2, 0.25) is 0 Å². The first-order valence-electron chi connectivity index (χ1n) is 9.38. The second-order valence-electron chi connectivity index (χ2n) is 7.49. The fourth-order valence-corrected chi connectivity index (χ4v) is 4.97. The number of nitrogens with one attached hydrogen (secondary N) is 1. The molecule has 140 valence electrons. The van der Waals surface area contributed by atoms with Crippen molar-refractivity contribution in [2.45, 2.75) is 46.1 Å². The number of H-pyrrole nitrogens is 1. The summed E-state index contributed by atoms with van der Waals surface area (Å²) in [7, 11) is 0. The van der Waals surface area contributed by atoms with Crippen LogP contribution in [0.3, 0.4) is 0 Å². The molecule has 0 saturated carbocycles. The molecule has 1 aliphatic carbocycles. The number of ketones is 1. The number of hydrogen-bond donors (Lipinski definition) is 1. The fraction of sp³-hybridized carbons (Fsp3) is 0.364. The van der Waals surface area contributed by atoms with E-state index in [-0.39, 0.29) is 5.78 Å². The van der Waals surface area contributed by atoms with Gasteiger partial charge in [0.2, 0.25) is 5.78 Å². The zero-order chi connectivity index (χ0) is 19.1. The van der Waals surface area contributed by atoms with E-state index in [1.54, 1.807) is 6.92 Å². The number of aryl methyl sites for hydroxylation is 2. The van der Waals surface area contributed by atoms with Gasteiger partial charge in [0.25, 0.3) is 0 Å². The molecular formula is C22H23NO3S. The third-order valence-electron chi connectivity index (χ3n) is 5.32. The highest BCUT2D eigenvalue weighted by molar-refractivity contribution is 7.14. The summed E-state index contributed by atoms with van der Waals surface area (Å²) in [5, 5.41) is 0.864. The summed E-state index contributed by atoms with van der Waals surface area (Å²) < 4.78 is 5.54. The van der Waals surface area contributed by atoms with Crippen molar-refractivity contribution in [1.29, 1.82) is 0 Å². The number of aromatic nitrogens is 1. The minimum Gasteiger partial charge on any atom is -0.450 e. The second-order valence-corrected chi connectivity index (χ2v) is 8.63. The molecule has 4 nitrogen and oxygen atoms in total. The number of fused-ring (bicyclic) bond motifs is 2. The van der Waals surface area contributed by atoms with E-state index in [1.165, 1.54) is 21.8 Å². The zero-order valence-electron chi connectivity index (χ0n) is 15.8. The lowest BCUT2D eigenvalue weighted by Gasteiger charge is -2.16. The minimum atomic E-state index is -0.826. The Kier molecular flexibility index (Phi) is 4.64. The van der Waals surface area contributed by atoms with Crippen LogP contribution in [-0.2, 0) is 17.6 Å². The molecule has 2 heterocycles. The van der Waals surface area contributed by atoms with Gasteiger partial charge in [0.1, 0.15) is 4.88 Å². The highest BCUT2D eigenvalue weighted by atomic mass is 32.1. The average Bonchev–Trinajstić information content (AvgIpc) is 3.20. The van der Waals surface area contributed by atoms with E-state index < -0.39 is 12.1 Å². The van der Waals surface area contributed by atoms with Gasteiger partial charge in [0.05, 0.1) is 0 Å². The van der Waals surface area contributed by atoms with Crippen LogP contribution in [0, 0.1) is 12.8 Å². The number of aromatic amines is 1. The van der Waals surface area contributed by atoms with Crippen LogP contribution >= 0.6 is 11.3 Å². The molecule has 2 aromatic heterocycles. The van der Waals surface area contributed by atoms with Gasteiger partial charge in [0, 0.05) is 27.0 Å². The zero-order valence-corrected chi connectivity index (χ0v) is 16.6. The molecule has 1 aliphatic rings. The molecule has 4 rings (SSSR count). The smallest absolute Gasteiger partial charge is 0.349 e. The molecule has 0 bridgehead atoms. The standard InChI is InChI=1S/C22H23NO3S/c1-12-8-9-18-15(10-12)11-19(27-18)22(25)26-14(3)21(24)20-13(2)23-17-7-5-4-6-16(17)20/h4-7,11-12,14,23H,8-10H2,1-3H3/t12-,14+/m0/s1. The number of ether oxygens (including phenoxy) is 1. The van der Waals surface area contributed by atoms with Crippen LogP contribution in [0.15, 0.2) is 30.3 Å². The Balaban J connectivity index is 1.53. The van der Waals surface area contributed by atoms with Crippen LogP contribution < -0.4 is 0 Å². The lowest BCUT2D eigenvalue weighted by Crippen LogP contribution is -2.24. The van der Waals surface area contributed by atoms with Crippen molar-refractivity contribution in [2.75, 3.05) is 0 Å². The van der Waals surface area contributed by atoms with Crippen molar-refractivity contribution in [3.63, 3.8) is 0 Å². The maximum absolute atomic E-state index is 13.0. The minimum absolute atomic E-state index is 0.173. The molecule has 3 aromatic rings. The highest BCUT2D eigenvalue weighted by Crippen LogP contribution is 2.33. The molecule has 5 heteroatoms. The molecule has 0 unspecified atom stereocenters. The Hall–Kier alpha value is -2.40. The van der Waals surface area contributed by atoms with Crippen molar-refractivity contribution in [1.82, 2.24) is 4.98 Å². The summed E-state index contributed by atoms with van der Waals surface area (Å²) in [6.07, 6.45) is 2.38. The molecule has 0 fully saturated rings. The molecular weight excluding hydrogens is 358 g/mol. The van der Waals surface area contributed by atoms with Gasteiger partial charge < -0.3 is 9.72 Å². The maximum Gasteiger partial charge on any atom is 0.349 e. The van der Waals surface area contributed by atoms with Crippen LogP contribution in [0.1, 0.15) is 56.4 Å². The fourth-order valence-electron chi connectivity index (χ4n) is 3.88. The number of esters is 1. The normalized spacial score (nSPS) is 17.5. The van der Waals surface area contributed by atoms with Gasteiger partial charge in [-0.1, -0.05) is 25.1 Å². The lowest BCUT2D eigenvalue weighted by molar-refractivity contribution is 0.0324. The maximum atomic E-state index is 13.0.